The Labute approximate surface area is 193 Å². The van der Waals surface area contributed by atoms with Gasteiger partial charge in [0.05, 0.1) is 33.0 Å². The second kappa shape index (κ2) is 21.3. The molecule has 0 radical (unpaired) electrons. The summed E-state index contributed by atoms with van der Waals surface area (Å²) >= 11 is 0. The first-order chi connectivity index (χ1) is 15.7. The first-order valence-electron chi connectivity index (χ1n) is 9.70. The smallest absolute Gasteiger partial charge is 0.151 e. The Bertz CT molecular complexity index is 447. The second-order valence-corrected chi connectivity index (χ2v) is 6.83. The Morgan fingerprint density at radius 3 is 0.794 bits per heavy atom. The quantitative estimate of drug-likeness (QED) is 0.0956. The van der Waals surface area contributed by atoms with Crippen LogP contribution in [-0.4, -0.2) is 188 Å². The summed E-state index contributed by atoms with van der Waals surface area (Å²) in [5.74, 6) is 0. The monoisotopic (exact) mass is 514 g/mol. The van der Waals surface area contributed by atoms with Crippen LogP contribution in [0.2, 0.25) is 0 Å². The average Bonchev–Trinajstić information content (AvgIpc) is 2.88. The number of aliphatic hydroxyl groups is 16. The highest BCUT2D eigenvalue weighted by Crippen LogP contribution is 2.04. The number of rotatable bonds is 14. The van der Waals surface area contributed by atoms with E-state index >= 15 is 0 Å². The molecule has 17 nitrogen and oxygen atoms in total. The third-order valence-electron chi connectivity index (χ3n) is 4.10. The lowest BCUT2D eigenvalue weighted by Crippen LogP contribution is -2.46. The van der Waals surface area contributed by atoms with Crippen LogP contribution < -0.4 is 0 Å². The van der Waals surface area contributed by atoms with E-state index in [0.717, 1.165) is 0 Å². The molecule has 0 fully saturated rings. The van der Waals surface area contributed by atoms with E-state index in [1.54, 1.807) is 0 Å². The van der Waals surface area contributed by atoms with E-state index in [-0.39, 0.29) is 6.29 Å². The summed E-state index contributed by atoms with van der Waals surface area (Å²) in [4.78, 5) is 9.90. The molecule has 0 aliphatic rings. The van der Waals surface area contributed by atoms with Crippen LogP contribution in [0.15, 0.2) is 0 Å². The van der Waals surface area contributed by atoms with E-state index in [1.165, 1.54) is 0 Å². The third-order valence-corrected chi connectivity index (χ3v) is 4.10. The molecule has 0 saturated carbocycles. The molecule has 0 aliphatic heterocycles. The Balaban J connectivity index is -0.000000426. The van der Waals surface area contributed by atoms with E-state index in [1.807, 2.05) is 0 Å². The average molecular weight is 514 g/mol. The Kier molecular flexibility index (Phi) is 23.6. The van der Waals surface area contributed by atoms with Gasteiger partial charge in [0, 0.05) is 0 Å². The van der Waals surface area contributed by atoms with Gasteiger partial charge in [-0.3, -0.25) is 0 Å². The molecular weight excluding hydrogens is 476 g/mol. The molecule has 0 aliphatic carbocycles. The predicted molar refractivity (Wildman–Crippen MR) is 108 cm³/mol. The molecule has 16 N–H and O–H groups in total. The summed E-state index contributed by atoms with van der Waals surface area (Å²) < 4.78 is 0. The lowest BCUT2D eigenvalue weighted by molar-refractivity contribution is -0.136. The Morgan fingerprint density at radius 2 is 0.588 bits per heavy atom. The molecule has 0 amide bonds. The zero-order valence-corrected chi connectivity index (χ0v) is 18.0. The van der Waals surface area contributed by atoms with E-state index in [9.17, 15) is 4.79 Å². The van der Waals surface area contributed by atoms with Crippen LogP contribution in [0.4, 0.5) is 0 Å². The van der Waals surface area contributed by atoms with Gasteiger partial charge in [-0.05, 0) is 0 Å². The molecule has 17 heteroatoms. The van der Waals surface area contributed by atoms with Crippen LogP contribution in [0.3, 0.4) is 0 Å². The highest BCUT2D eigenvalue weighted by atomic mass is 16.4. The molecule has 0 rings (SSSR count). The Hall–Kier alpha value is -0.970. The maximum Gasteiger partial charge on any atom is 0.151 e. The molecule has 10 atom stereocenters. The molecule has 0 bridgehead atoms. The van der Waals surface area contributed by atoms with Crippen molar-refractivity contribution in [1.82, 2.24) is 0 Å². The van der Waals surface area contributed by atoms with Gasteiger partial charge in [-0.25, -0.2) is 0 Å². The van der Waals surface area contributed by atoms with Crippen LogP contribution in [0, 0.1) is 0 Å². The van der Waals surface area contributed by atoms with Gasteiger partial charge in [-0.15, -0.1) is 0 Å². The number of hydrogen-bond acceptors (Lipinski definition) is 17. The predicted octanol–water partition coefficient (Wildman–Crippen LogP) is -9.91. The van der Waals surface area contributed by atoms with Crippen molar-refractivity contribution < 1.29 is 86.5 Å². The van der Waals surface area contributed by atoms with Gasteiger partial charge in [0.25, 0.3) is 0 Å². The standard InChI is InChI=1S/C6H14O6.C6H12O6.C5H12O5/c2*7-1-3(9)5(11)6(12)4(10)2-8;6-1-3(8)5(10)4(9)2-7/h3-12H,1-2H2;1,3-6,8-12H,2H2;3-10H,1-2H2. The number of aldehydes is 1. The first-order valence-corrected chi connectivity index (χ1v) is 9.70. The van der Waals surface area contributed by atoms with Crippen molar-refractivity contribution in [2.75, 3.05) is 33.0 Å². The van der Waals surface area contributed by atoms with Gasteiger partial charge in [0.1, 0.15) is 67.1 Å². The van der Waals surface area contributed by atoms with Gasteiger partial charge < -0.3 is 86.5 Å². The SMILES string of the molecule is O=CC(O)C(O)C(O)C(O)CO.OCC(O)C(O)C(O)C(O)CO.OCC(O)C(O)C(O)CO. The number of hydrogen-bond donors (Lipinski definition) is 16. The lowest BCUT2D eigenvalue weighted by Gasteiger charge is -2.24. The van der Waals surface area contributed by atoms with Crippen molar-refractivity contribution >= 4 is 6.29 Å². The van der Waals surface area contributed by atoms with Crippen LogP contribution in [-0.2, 0) is 4.79 Å². The van der Waals surface area contributed by atoms with Crippen molar-refractivity contribution in [1.29, 1.82) is 0 Å². The minimum atomic E-state index is -1.79. The molecule has 0 heterocycles. The summed E-state index contributed by atoms with van der Waals surface area (Å²) in [5.41, 5.74) is 0. The Morgan fingerprint density at radius 1 is 0.382 bits per heavy atom. The molecule has 0 saturated heterocycles. The van der Waals surface area contributed by atoms with Gasteiger partial charge in [-0.2, -0.15) is 0 Å². The largest absolute Gasteiger partial charge is 0.394 e. The maximum absolute atomic E-state index is 9.90. The molecule has 0 aromatic heterocycles. The maximum atomic E-state index is 9.90. The van der Waals surface area contributed by atoms with Gasteiger partial charge in [0.15, 0.2) is 6.29 Å². The molecule has 208 valence electrons. The molecule has 0 aromatic rings. The highest BCUT2D eigenvalue weighted by molar-refractivity contribution is 5.56. The minimum absolute atomic E-state index is 0.0258. The summed E-state index contributed by atoms with van der Waals surface area (Å²) in [6, 6.07) is 0. The van der Waals surface area contributed by atoms with Gasteiger partial charge in [-0.1, -0.05) is 0 Å². The summed E-state index contributed by atoms with van der Waals surface area (Å²) in [6.45, 7) is -3.49. The van der Waals surface area contributed by atoms with Crippen molar-refractivity contribution in [2.24, 2.45) is 0 Å². The second-order valence-electron chi connectivity index (χ2n) is 6.83. The summed E-state index contributed by atoms with van der Waals surface area (Å²) in [7, 11) is 0. The highest BCUT2D eigenvalue weighted by Gasteiger charge is 2.30. The minimum Gasteiger partial charge on any atom is -0.394 e. The third kappa shape index (κ3) is 15.1. The number of aliphatic hydroxyl groups excluding tert-OH is 16. The normalized spacial score (nSPS) is 20.9. The fourth-order valence-corrected chi connectivity index (χ4v) is 1.76. The number of carbonyl (C=O) groups excluding carboxylic acids is 1. The molecule has 0 spiro atoms. The van der Waals surface area contributed by atoms with E-state index < -0.39 is 100 Å². The molecule has 10 unspecified atom stereocenters. The first kappa shape index (κ1) is 37.6. The molecular formula is C17H38O17. The van der Waals surface area contributed by atoms with E-state index in [0.29, 0.717) is 0 Å². The van der Waals surface area contributed by atoms with E-state index in [4.69, 9.17) is 81.7 Å². The topological polar surface area (TPSA) is 341 Å². The van der Waals surface area contributed by atoms with Gasteiger partial charge in [0.2, 0.25) is 0 Å². The van der Waals surface area contributed by atoms with Crippen molar-refractivity contribution in [2.45, 2.75) is 67.1 Å². The van der Waals surface area contributed by atoms with E-state index in [2.05, 4.69) is 0 Å². The van der Waals surface area contributed by atoms with Crippen LogP contribution in [0.5, 0.6) is 0 Å². The van der Waals surface area contributed by atoms with Gasteiger partial charge >= 0.3 is 0 Å². The number of carbonyl (C=O) groups is 1. The fraction of sp³-hybridized carbons (Fsp3) is 0.941. The summed E-state index contributed by atoms with van der Waals surface area (Å²) in [6.07, 6.45) is -17.5. The lowest BCUT2D eigenvalue weighted by atomic mass is 10.0. The molecule has 34 heavy (non-hydrogen) atoms. The molecule has 0 aromatic carbocycles. The van der Waals surface area contributed by atoms with Crippen molar-refractivity contribution in [3.8, 4) is 0 Å². The zero-order valence-electron chi connectivity index (χ0n) is 18.0. The van der Waals surface area contributed by atoms with Crippen molar-refractivity contribution in [3.63, 3.8) is 0 Å². The fourth-order valence-electron chi connectivity index (χ4n) is 1.76. The van der Waals surface area contributed by atoms with Crippen LogP contribution in [0.1, 0.15) is 0 Å². The zero-order chi connectivity index (χ0) is 27.6. The van der Waals surface area contributed by atoms with Crippen molar-refractivity contribution in [3.05, 3.63) is 0 Å². The van der Waals surface area contributed by atoms with Crippen LogP contribution >= 0.6 is 0 Å². The summed E-state index contributed by atoms with van der Waals surface area (Å²) in [5, 5.41) is 138. The van der Waals surface area contributed by atoms with Crippen LogP contribution in [0.25, 0.3) is 0 Å².